The number of aromatic nitrogens is 1. The van der Waals surface area contributed by atoms with Crippen LogP contribution < -0.4 is 10.1 Å². The van der Waals surface area contributed by atoms with Crippen molar-refractivity contribution >= 4 is 22.4 Å². The van der Waals surface area contributed by atoms with Gasteiger partial charge in [0, 0.05) is 30.6 Å². The molecule has 1 saturated heterocycles. The zero-order chi connectivity index (χ0) is 17.8. The summed E-state index contributed by atoms with van der Waals surface area (Å²) in [6, 6.07) is 7.06. The van der Waals surface area contributed by atoms with Crippen molar-refractivity contribution in [3.8, 4) is 5.75 Å². The molecule has 1 aliphatic heterocycles. The van der Waals surface area contributed by atoms with Gasteiger partial charge in [0.2, 0.25) is 0 Å². The molecule has 0 saturated carbocycles. The Kier molecular flexibility index (Phi) is 5.67. The van der Waals surface area contributed by atoms with Crippen molar-refractivity contribution in [1.29, 1.82) is 0 Å². The highest BCUT2D eigenvalue weighted by Gasteiger charge is 2.22. The number of methoxy groups -OCH3 is 1. The highest BCUT2D eigenvalue weighted by molar-refractivity contribution is 7.13. The van der Waals surface area contributed by atoms with Crippen LogP contribution in [0, 0.1) is 0 Å². The van der Waals surface area contributed by atoms with E-state index in [1.807, 2.05) is 11.4 Å². The summed E-state index contributed by atoms with van der Waals surface area (Å²) in [6.07, 6.45) is 0.462. The molecule has 2 atom stereocenters. The summed E-state index contributed by atoms with van der Waals surface area (Å²) in [5, 5.41) is 5.45. The van der Waals surface area contributed by atoms with Gasteiger partial charge >= 0.3 is 0 Å². The molecule has 0 unspecified atom stereocenters. The molecule has 0 spiro atoms. The summed E-state index contributed by atoms with van der Waals surface area (Å²) in [4.78, 5) is 19.2. The van der Waals surface area contributed by atoms with E-state index >= 15 is 0 Å². The molecule has 1 fully saturated rings. The lowest BCUT2D eigenvalue weighted by Crippen LogP contribution is -2.44. The van der Waals surface area contributed by atoms with Gasteiger partial charge in [0.25, 0.3) is 5.91 Å². The first-order valence-electron chi connectivity index (χ1n) is 8.31. The van der Waals surface area contributed by atoms with Crippen molar-refractivity contribution in [2.75, 3.05) is 25.5 Å². The Morgan fingerprint density at radius 3 is 2.88 bits per heavy atom. The van der Waals surface area contributed by atoms with Gasteiger partial charge in [0.05, 0.1) is 25.0 Å². The van der Waals surface area contributed by atoms with Gasteiger partial charge in [0.15, 0.2) is 5.13 Å². The van der Waals surface area contributed by atoms with Crippen LogP contribution in [0.3, 0.4) is 0 Å². The van der Waals surface area contributed by atoms with E-state index in [-0.39, 0.29) is 18.1 Å². The van der Waals surface area contributed by atoms with Crippen LogP contribution in [0.5, 0.6) is 5.75 Å². The smallest absolute Gasteiger partial charge is 0.257 e. The van der Waals surface area contributed by atoms with Crippen molar-refractivity contribution < 1.29 is 14.3 Å². The number of morpholine rings is 1. The molecular formula is C18H23N3O3S. The van der Waals surface area contributed by atoms with Crippen LogP contribution in [0.15, 0.2) is 29.6 Å². The molecule has 1 aliphatic rings. The number of carbonyl (C=O) groups excluding carboxylic acids is 1. The molecule has 0 bridgehead atoms. The predicted molar refractivity (Wildman–Crippen MR) is 98.3 cm³/mol. The number of hydrogen-bond acceptors (Lipinski definition) is 6. The van der Waals surface area contributed by atoms with Crippen molar-refractivity contribution in [1.82, 2.24) is 9.88 Å². The minimum atomic E-state index is -0.187. The molecule has 134 valence electrons. The standard InChI is InChI=1S/C18H23N3O3S/c1-12-8-21(9-13(2)24-12)10-15-11-25-18(19-15)20-17(22)14-5-4-6-16(7-14)23-3/h4-7,11-13H,8-10H2,1-3H3,(H,19,20,22)/t12-,13-/m0/s1. The van der Waals surface area contributed by atoms with Crippen LogP contribution in [-0.2, 0) is 11.3 Å². The molecule has 1 amide bonds. The summed E-state index contributed by atoms with van der Waals surface area (Å²) in [6.45, 7) is 6.73. The molecule has 25 heavy (non-hydrogen) atoms. The molecular weight excluding hydrogens is 338 g/mol. The Morgan fingerprint density at radius 2 is 2.16 bits per heavy atom. The normalized spacial score (nSPS) is 21.1. The third kappa shape index (κ3) is 4.78. The minimum Gasteiger partial charge on any atom is -0.497 e. The monoisotopic (exact) mass is 361 g/mol. The zero-order valence-electron chi connectivity index (χ0n) is 14.7. The lowest BCUT2D eigenvalue weighted by atomic mass is 10.2. The summed E-state index contributed by atoms with van der Waals surface area (Å²) in [7, 11) is 1.58. The topological polar surface area (TPSA) is 63.7 Å². The van der Waals surface area contributed by atoms with Gasteiger partial charge in [-0.3, -0.25) is 15.0 Å². The molecule has 1 aromatic heterocycles. The fourth-order valence-electron chi connectivity index (χ4n) is 3.01. The maximum atomic E-state index is 12.3. The van der Waals surface area contributed by atoms with Gasteiger partial charge in [-0.15, -0.1) is 11.3 Å². The van der Waals surface area contributed by atoms with Crippen LogP contribution in [0.2, 0.25) is 0 Å². The van der Waals surface area contributed by atoms with Crippen molar-refractivity contribution in [2.24, 2.45) is 0 Å². The lowest BCUT2D eigenvalue weighted by Gasteiger charge is -2.34. The second-order valence-electron chi connectivity index (χ2n) is 6.28. The van der Waals surface area contributed by atoms with Gasteiger partial charge in [-0.05, 0) is 32.0 Å². The molecule has 1 aromatic carbocycles. The third-order valence-electron chi connectivity index (χ3n) is 3.98. The number of nitrogens with zero attached hydrogens (tertiary/aromatic N) is 2. The van der Waals surface area contributed by atoms with E-state index in [1.54, 1.807) is 25.3 Å². The number of amides is 1. The van der Waals surface area contributed by atoms with Crippen LogP contribution >= 0.6 is 11.3 Å². The van der Waals surface area contributed by atoms with Gasteiger partial charge in [-0.1, -0.05) is 6.07 Å². The molecule has 7 heteroatoms. The van der Waals surface area contributed by atoms with E-state index in [9.17, 15) is 4.79 Å². The number of thiazole rings is 1. The molecule has 0 aliphatic carbocycles. The Bertz CT molecular complexity index is 724. The van der Waals surface area contributed by atoms with E-state index in [0.29, 0.717) is 16.4 Å². The number of anilines is 1. The number of ether oxygens (including phenoxy) is 2. The van der Waals surface area contributed by atoms with Gasteiger partial charge in [-0.2, -0.15) is 0 Å². The van der Waals surface area contributed by atoms with Crippen molar-refractivity contribution in [3.05, 3.63) is 40.9 Å². The lowest BCUT2D eigenvalue weighted by molar-refractivity contribution is -0.0707. The van der Waals surface area contributed by atoms with Gasteiger partial charge < -0.3 is 9.47 Å². The van der Waals surface area contributed by atoms with Crippen molar-refractivity contribution in [2.45, 2.75) is 32.6 Å². The van der Waals surface area contributed by atoms with E-state index in [4.69, 9.17) is 9.47 Å². The molecule has 1 N–H and O–H groups in total. The Morgan fingerprint density at radius 1 is 1.40 bits per heavy atom. The second-order valence-corrected chi connectivity index (χ2v) is 7.14. The van der Waals surface area contributed by atoms with Crippen LogP contribution in [0.4, 0.5) is 5.13 Å². The van der Waals surface area contributed by atoms with Gasteiger partial charge in [0.1, 0.15) is 5.75 Å². The number of nitrogens with one attached hydrogen (secondary N) is 1. The van der Waals surface area contributed by atoms with E-state index in [2.05, 4.69) is 29.0 Å². The molecule has 0 radical (unpaired) electrons. The first-order chi connectivity index (χ1) is 12.0. The minimum absolute atomic E-state index is 0.187. The molecule has 2 aromatic rings. The maximum Gasteiger partial charge on any atom is 0.257 e. The van der Waals surface area contributed by atoms with E-state index in [0.717, 1.165) is 25.3 Å². The summed E-state index contributed by atoms with van der Waals surface area (Å²) in [5.74, 6) is 0.469. The van der Waals surface area contributed by atoms with E-state index < -0.39 is 0 Å². The van der Waals surface area contributed by atoms with Crippen LogP contribution in [0.25, 0.3) is 0 Å². The molecule has 3 rings (SSSR count). The Labute approximate surface area is 151 Å². The van der Waals surface area contributed by atoms with Gasteiger partial charge in [-0.25, -0.2) is 4.98 Å². The number of hydrogen-bond donors (Lipinski definition) is 1. The second kappa shape index (κ2) is 7.95. The Hall–Kier alpha value is -1.96. The maximum absolute atomic E-state index is 12.3. The Balaban J connectivity index is 1.60. The van der Waals surface area contributed by atoms with Crippen LogP contribution in [0.1, 0.15) is 29.9 Å². The SMILES string of the molecule is COc1cccc(C(=O)Nc2nc(CN3C[C@H](C)O[C@@H](C)C3)cs2)c1. The molecule has 2 heterocycles. The highest BCUT2D eigenvalue weighted by Crippen LogP contribution is 2.20. The quantitative estimate of drug-likeness (QED) is 0.887. The highest BCUT2D eigenvalue weighted by atomic mass is 32.1. The molecule has 6 nitrogen and oxygen atoms in total. The average molecular weight is 361 g/mol. The average Bonchev–Trinajstić information content (AvgIpc) is 3.00. The first-order valence-corrected chi connectivity index (χ1v) is 9.19. The third-order valence-corrected chi connectivity index (χ3v) is 4.79. The van der Waals surface area contributed by atoms with E-state index in [1.165, 1.54) is 11.3 Å². The predicted octanol–water partition coefficient (Wildman–Crippen LogP) is 3.01. The number of benzene rings is 1. The summed E-state index contributed by atoms with van der Waals surface area (Å²) in [5.41, 5.74) is 1.51. The zero-order valence-corrected chi connectivity index (χ0v) is 15.5. The fourth-order valence-corrected chi connectivity index (χ4v) is 3.71. The van der Waals surface area contributed by atoms with Crippen molar-refractivity contribution in [3.63, 3.8) is 0 Å². The summed E-state index contributed by atoms with van der Waals surface area (Å²) < 4.78 is 10.9. The summed E-state index contributed by atoms with van der Waals surface area (Å²) >= 11 is 1.44. The number of carbonyl (C=O) groups is 1. The number of rotatable bonds is 5. The largest absolute Gasteiger partial charge is 0.497 e. The van der Waals surface area contributed by atoms with Crippen LogP contribution in [-0.4, -0.2) is 48.2 Å². The first kappa shape index (κ1) is 17.8. The fraction of sp³-hybridized carbons (Fsp3) is 0.444.